The van der Waals surface area contributed by atoms with Crippen molar-refractivity contribution >= 4 is 5.91 Å². The van der Waals surface area contributed by atoms with Gasteiger partial charge in [-0.2, -0.15) is 0 Å². The number of hydrogen-bond donors (Lipinski definition) is 6. The molecule has 0 aromatic heterocycles. The number of allylic oxidation sites excluding steroid dienone is 19. The number of aliphatic hydroxyl groups excluding tert-OH is 5. The van der Waals surface area contributed by atoms with Crippen molar-refractivity contribution < 1.29 is 39.8 Å². The van der Waals surface area contributed by atoms with E-state index < -0.39 is 49.5 Å². The number of unbranched alkanes of at least 4 members (excludes halogenated alkanes) is 14. The number of amides is 1. The van der Waals surface area contributed by atoms with Crippen molar-refractivity contribution in [2.45, 2.75) is 224 Å². The zero-order valence-corrected chi connectivity index (χ0v) is 41.8. The molecule has 7 unspecified atom stereocenters. The molecule has 0 aromatic carbocycles. The number of carbonyl (C=O) groups is 1. The van der Waals surface area contributed by atoms with Crippen LogP contribution in [0.15, 0.2) is 122 Å². The highest BCUT2D eigenvalue weighted by molar-refractivity contribution is 5.76. The number of ether oxygens (including phenoxy) is 2. The topological polar surface area (TPSA) is 149 Å². The molecule has 1 rings (SSSR count). The number of aliphatic hydroxyl groups is 5. The summed E-state index contributed by atoms with van der Waals surface area (Å²) in [6, 6.07) is -0.843. The molecule has 1 heterocycles. The second-order valence-electron chi connectivity index (χ2n) is 17.6. The first kappa shape index (κ1) is 61.6. The Morgan fingerprint density at radius 1 is 0.522 bits per heavy atom. The average molecular weight is 934 g/mol. The molecular formula is C58H95NO8. The van der Waals surface area contributed by atoms with E-state index in [1.54, 1.807) is 6.08 Å². The summed E-state index contributed by atoms with van der Waals surface area (Å²) < 4.78 is 11.2. The quantitative estimate of drug-likeness (QED) is 0.0262. The highest BCUT2D eigenvalue weighted by Gasteiger charge is 2.44. The van der Waals surface area contributed by atoms with E-state index in [0.29, 0.717) is 6.42 Å². The van der Waals surface area contributed by atoms with Gasteiger partial charge in [-0.05, 0) is 103 Å². The van der Waals surface area contributed by atoms with Gasteiger partial charge in [0.05, 0.1) is 25.4 Å². The fourth-order valence-electron chi connectivity index (χ4n) is 7.34. The molecule has 0 aromatic rings. The van der Waals surface area contributed by atoms with Crippen molar-refractivity contribution in [1.82, 2.24) is 5.32 Å². The first-order valence-electron chi connectivity index (χ1n) is 26.3. The van der Waals surface area contributed by atoms with E-state index in [0.717, 1.165) is 109 Å². The third-order valence-electron chi connectivity index (χ3n) is 11.5. The fourth-order valence-corrected chi connectivity index (χ4v) is 7.34. The van der Waals surface area contributed by atoms with Gasteiger partial charge in [-0.1, -0.05) is 193 Å². The lowest BCUT2D eigenvalue weighted by Gasteiger charge is -2.40. The third kappa shape index (κ3) is 36.3. The van der Waals surface area contributed by atoms with Crippen LogP contribution in [0, 0.1) is 0 Å². The van der Waals surface area contributed by atoms with E-state index in [9.17, 15) is 30.3 Å². The van der Waals surface area contributed by atoms with E-state index in [4.69, 9.17) is 9.47 Å². The summed E-state index contributed by atoms with van der Waals surface area (Å²) in [5.74, 6) is -0.209. The van der Waals surface area contributed by atoms with Gasteiger partial charge < -0.3 is 40.3 Å². The molecule has 0 saturated carbocycles. The van der Waals surface area contributed by atoms with Crippen LogP contribution in [0.1, 0.15) is 181 Å². The highest BCUT2D eigenvalue weighted by Crippen LogP contribution is 2.22. The predicted octanol–water partition coefficient (Wildman–Crippen LogP) is 12.4. The lowest BCUT2D eigenvalue weighted by Crippen LogP contribution is -2.60. The van der Waals surface area contributed by atoms with Gasteiger partial charge in [0.15, 0.2) is 6.29 Å². The second kappa shape index (κ2) is 46.3. The Labute approximate surface area is 408 Å². The van der Waals surface area contributed by atoms with Gasteiger partial charge in [0, 0.05) is 6.42 Å². The summed E-state index contributed by atoms with van der Waals surface area (Å²) in [7, 11) is 0. The van der Waals surface area contributed by atoms with Gasteiger partial charge >= 0.3 is 0 Å². The Bertz CT molecular complexity index is 1460. The minimum absolute atomic E-state index is 0.209. The zero-order valence-electron chi connectivity index (χ0n) is 41.8. The maximum Gasteiger partial charge on any atom is 0.220 e. The summed E-state index contributed by atoms with van der Waals surface area (Å²) in [4.78, 5) is 13.0. The van der Waals surface area contributed by atoms with E-state index in [2.05, 4.69) is 129 Å². The molecule has 1 aliphatic heterocycles. The molecule has 1 aliphatic rings. The first-order valence-corrected chi connectivity index (χ1v) is 26.3. The molecule has 0 aliphatic carbocycles. The lowest BCUT2D eigenvalue weighted by atomic mass is 9.99. The van der Waals surface area contributed by atoms with Crippen LogP contribution >= 0.6 is 0 Å². The molecule has 1 amide bonds. The number of nitrogens with one attached hydrogen (secondary N) is 1. The fraction of sp³-hybridized carbons (Fsp3) is 0.638. The van der Waals surface area contributed by atoms with Crippen molar-refractivity contribution in [2.75, 3.05) is 13.2 Å². The molecule has 1 saturated heterocycles. The largest absolute Gasteiger partial charge is 0.394 e. The average Bonchev–Trinajstić information content (AvgIpc) is 3.33. The van der Waals surface area contributed by atoms with Crippen molar-refractivity contribution in [1.29, 1.82) is 0 Å². The number of carbonyl (C=O) groups excluding carboxylic acids is 1. The molecule has 1 fully saturated rings. The summed E-state index contributed by atoms with van der Waals surface area (Å²) >= 11 is 0. The Morgan fingerprint density at radius 3 is 1.43 bits per heavy atom. The standard InChI is InChI=1S/C58H95NO8/c1-3-5-7-9-11-13-15-17-19-20-21-22-23-24-25-26-27-28-29-30-31-32-34-36-38-40-42-44-46-48-54(62)59-51(50-66-58-57(65)56(64)55(63)53(49-60)67-58)52(61)47-45-43-41-39-37-35-33-18-16-14-12-10-8-6-4-2/h5,7,11,13,16-19,21-22,24-25,27-28,30-31,37,39,45,47,51-53,55-58,60-61,63-65H,3-4,6,8-10,12,14-15,20,23,26,29,32-36,38,40-44,46,48-50H2,1-2H3,(H,59,62)/b7-5-,13-11-,18-16+,19-17-,22-21-,25-24-,28-27-,31-30-,39-37+,47-45+. The minimum Gasteiger partial charge on any atom is -0.394 e. The minimum atomic E-state index is -1.58. The van der Waals surface area contributed by atoms with Gasteiger partial charge in [0.25, 0.3) is 0 Å². The van der Waals surface area contributed by atoms with Crippen molar-refractivity contribution in [3.8, 4) is 0 Å². The monoisotopic (exact) mass is 934 g/mol. The Balaban J connectivity index is 2.30. The third-order valence-corrected chi connectivity index (χ3v) is 11.5. The van der Waals surface area contributed by atoms with Crippen LogP contribution in [0.4, 0.5) is 0 Å². The van der Waals surface area contributed by atoms with Crippen LogP contribution in [0.5, 0.6) is 0 Å². The van der Waals surface area contributed by atoms with Gasteiger partial charge in [0.1, 0.15) is 24.4 Å². The van der Waals surface area contributed by atoms with Crippen LogP contribution in [0.3, 0.4) is 0 Å². The van der Waals surface area contributed by atoms with Crippen molar-refractivity contribution in [3.63, 3.8) is 0 Å². The van der Waals surface area contributed by atoms with Crippen LogP contribution in [-0.2, 0) is 14.3 Å². The van der Waals surface area contributed by atoms with Gasteiger partial charge in [-0.3, -0.25) is 4.79 Å². The Morgan fingerprint density at radius 2 is 0.940 bits per heavy atom. The summed E-state index contributed by atoms with van der Waals surface area (Å²) in [5.41, 5.74) is 0. The Kier molecular flexibility index (Phi) is 42.6. The predicted molar refractivity (Wildman–Crippen MR) is 280 cm³/mol. The maximum atomic E-state index is 13.0. The van der Waals surface area contributed by atoms with Crippen molar-refractivity contribution in [2.24, 2.45) is 0 Å². The molecule has 0 spiro atoms. The van der Waals surface area contributed by atoms with Crippen molar-refractivity contribution in [3.05, 3.63) is 122 Å². The SMILES string of the molecule is CC/C=C\C/C=C\C/C=C\C/C=C\C/C=C\C/C=C\C/C=C\CCCCCCCCCC(=O)NC(COC1OC(CO)C(O)C(O)C1O)C(O)/C=C/CC/C=C/CC/C=C/CCCCCCC. The van der Waals surface area contributed by atoms with Crippen LogP contribution in [0.2, 0.25) is 0 Å². The van der Waals surface area contributed by atoms with Crippen LogP contribution in [0.25, 0.3) is 0 Å². The summed E-state index contributed by atoms with van der Waals surface area (Å²) in [5, 5.41) is 54.3. The summed E-state index contributed by atoms with van der Waals surface area (Å²) in [6.07, 6.45) is 62.4. The van der Waals surface area contributed by atoms with E-state index >= 15 is 0 Å². The van der Waals surface area contributed by atoms with E-state index in [1.165, 1.54) is 51.4 Å². The molecule has 6 N–H and O–H groups in total. The van der Waals surface area contributed by atoms with Crippen LogP contribution in [-0.4, -0.2) is 87.5 Å². The normalized spacial score (nSPS) is 20.7. The molecule has 7 atom stereocenters. The van der Waals surface area contributed by atoms with Gasteiger partial charge in [-0.15, -0.1) is 0 Å². The molecule has 9 heteroatoms. The second-order valence-corrected chi connectivity index (χ2v) is 17.6. The van der Waals surface area contributed by atoms with Gasteiger partial charge in [0.2, 0.25) is 5.91 Å². The maximum absolute atomic E-state index is 13.0. The molecule has 0 radical (unpaired) electrons. The first-order chi connectivity index (χ1) is 32.8. The van der Waals surface area contributed by atoms with Gasteiger partial charge in [-0.25, -0.2) is 0 Å². The smallest absolute Gasteiger partial charge is 0.220 e. The molecule has 9 nitrogen and oxygen atoms in total. The molecule has 0 bridgehead atoms. The lowest BCUT2D eigenvalue weighted by molar-refractivity contribution is -0.302. The van der Waals surface area contributed by atoms with E-state index in [-0.39, 0.29) is 12.5 Å². The molecule has 380 valence electrons. The molecule has 67 heavy (non-hydrogen) atoms. The Hall–Kier alpha value is -3.41. The number of hydrogen-bond acceptors (Lipinski definition) is 8. The zero-order chi connectivity index (χ0) is 48.7. The molecular weight excluding hydrogens is 839 g/mol. The highest BCUT2D eigenvalue weighted by atomic mass is 16.7. The number of rotatable bonds is 42. The van der Waals surface area contributed by atoms with E-state index in [1.807, 2.05) is 6.08 Å². The van der Waals surface area contributed by atoms with Crippen LogP contribution < -0.4 is 5.32 Å². The summed E-state index contributed by atoms with van der Waals surface area (Å²) in [6.45, 7) is 3.60.